The summed E-state index contributed by atoms with van der Waals surface area (Å²) in [5.74, 6) is -0.101. The predicted molar refractivity (Wildman–Crippen MR) is 49.9 cm³/mol. The van der Waals surface area contributed by atoms with Crippen molar-refractivity contribution in [3.63, 3.8) is 0 Å². The van der Waals surface area contributed by atoms with Gasteiger partial charge >= 0.3 is 0 Å². The van der Waals surface area contributed by atoms with Crippen molar-refractivity contribution in [3.8, 4) is 0 Å². The summed E-state index contributed by atoms with van der Waals surface area (Å²) in [5, 5.41) is 2.99. The van der Waals surface area contributed by atoms with Crippen molar-refractivity contribution in [2.24, 2.45) is 0 Å². The molecule has 0 radical (unpaired) electrons. The first-order chi connectivity index (χ1) is 5.77. The zero-order chi connectivity index (χ0) is 8.97. The largest absolute Gasteiger partial charge is 0.388 e. The Bertz CT molecular complexity index is 258. The fourth-order valence-corrected chi connectivity index (χ4v) is 1.19. The highest BCUT2D eigenvalue weighted by atomic mass is 19.1. The van der Waals surface area contributed by atoms with Gasteiger partial charge in [0.25, 0.3) is 0 Å². The maximum absolute atomic E-state index is 13.1. The number of hydrogen-bond acceptors (Lipinski definition) is 1. The van der Waals surface area contributed by atoms with E-state index in [2.05, 4.69) is 5.32 Å². The second kappa shape index (κ2) is 4.10. The summed E-state index contributed by atoms with van der Waals surface area (Å²) in [5.41, 5.74) is 1.77. The van der Waals surface area contributed by atoms with Gasteiger partial charge in [-0.1, -0.05) is 13.3 Å². The normalized spacial score (nSPS) is 9.92. The molecular formula is C10H14FN. The van der Waals surface area contributed by atoms with Gasteiger partial charge in [0.05, 0.1) is 0 Å². The van der Waals surface area contributed by atoms with Crippen molar-refractivity contribution >= 4 is 5.69 Å². The van der Waals surface area contributed by atoms with Gasteiger partial charge in [-0.15, -0.1) is 0 Å². The van der Waals surface area contributed by atoms with Gasteiger partial charge in [0.1, 0.15) is 5.82 Å². The average Bonchev–Trinajstić information content (AvgIpc) is 2.09. The van der Waals surface area contributed by atoms with E-state index in [0.29, 0.717) is 0 Å². The smallest absolute Gasteiger partial charge is 0.126 e. The van der Waals surface area contributed by atoms with Crippen LogP contribution >= 0.6 is 0 Å². The van der Waals surface area contributed by atoms with Crippen LogP contribution in [-0.2, 0) is 6.42 Å². The predicted octanol–water partition coefficient (Wildman–Crippen LogP) is 2.82. The molecule has 0 unspecified atom stereocenters. The molecule has 66 valence electrons. The molecule has 1 N–H and O–H groups in total. The first-order valence-electron chi connectivity index (χ1n) is 4.24. The number of benzene rings is 1. The molecule has 1 aromatic carbocycles. The number of anilines is 1. The highest BCUT2D eigenvalue weighted by Crippen LogP contribution is 2.15. The highest BCUT2D eigenvalue weighted by molar-refractivity contribution is 5.45. The van der Waals surface area contributed by atoms with E-state index >= 15 is 0 Å². The molecule has 0 fully saturated rings. The monoisotopic (exact) mass is 167 g/mol. The Kier molecular flexibility index (Phi) is 3.09. The minimum absolute atomic E-state index is 0.101. The van der Waals surface area contributed by atoms with Crippen LogP contribution in [0.2, 0.25) is 0 Å². The number of aryl methyl sites for hydroxylation is 1. The van der Waals surface area contributed by atoms with Crippen LogP contribution in [0.25, 0.3) is 0 Å². The minimum Gasteiger partial charge on any atom is -0.388 e. The van der Waals surface area contributed by atoms with Gasteiger partial charge in [0, 0.05) is 12.7 Å². The average molecular weight is 167 g/mol. The van der Waals surface area contributed by atoms with Crippen LogP contribution in [0.1, 0.15) is 18.9 Å². The molecular weight excluding hydrogens is 153 g/mol. The van der Waals surface area contributed by atoms with Gasteiger partial charge in [-0.3, -0.25) is 0 Å². The third kappa shape index (κ3) is 1.97. The van der Waals surface area contributed by atoms with Crippen LogP contribution in [-0.4, -0.2) is 7.05 Å². The van der Waals surface area contributed by atoms with Gasteiger partial charge in [-0.2, -0.15) is 0 Å². The van der Waals surface area contributed by atoms with Crippen LogP contribution in [0.3, 0.4) is 0 Å². The Morgan fingerprint density at radius 2 is 2.17 bits per heavy atom. The summed E-state index contributed by atoms with van der Waals surface area (Å²) in [6, 6.07) is 5.12. The van der Waals surface area contributed by atoms with Gasteiger partial charge in [0.15, 0.2) is 0 Å². The van der Waals surface area contributed by atoms with E-state index in [-0.39, 0.29) is 5.82 Å². The van der Waals surface area contributed by atoms with Gasteiger partial charge in [0.2, 0.25) is 0 Å². The molecule has 0 saturated heterocycles. The Hall–Kier alpha value is -1.05. The van der Waals surface area contributed by atoms with E-state index in [1.807, 2.05) is 20.0 Å². The Morgan fingerprint density at radius 3 is 2.75 bits per heavy atom. The highest BCUT2D eigenvalue weighted by Gasteiger charge is 2.00. The summed E-state index contributed by atoms with van der Waals surface area (Å²) in [6.07, 6.45) is 1.78. The van der Waals surface area contributed by atoms with Crippen molar-refractivity contribution in [1.29, 1.82) is 0 Å². The fourth-order valence-electron chi connectivity index (χ4n) is 1.19. The molecule has 0 aliphatic heterocycles. The first-order valence-corrected chi connectivity index (χ1v) is 4.24. The lowest BCUT2D eigenvalue weighted by Crippen LogP contribution is -1.93. The second-order valence-corrected chi connectivity index (χ2v) is 2.81. The maximum Gasteiger partial charge on any atom is 0.126 e. The van der Waals surface area contributed by atoms with Crippen LogP contribution in [0, 0.1) is 5.82 Å². The number of hydrogen-bond donors (Lipinski definition) is 1. The van der Waals surface area contributed by atoms with Crippen LogP contribution in [0.15, 0.2) is 18.2 Å². The number of rotatable bonds is 3. The molecule has 0 spiro atoms. The zero-order valence-corrected chi connectivity index (χ0v) is 7.52. The fraction of sp³-hybridized carbons (Fsp3) is 0.400. The Morgan fingerprint density at radius 1 is 1.42 bits per heavy atom. The SMILES string of the molecule is CCCc1cc(NC)ccc1F. The lowest BCUT2D eigenvalue weighted by atomic mass is 10.1. The molecule has 12 heavy (non-hydrogen) atoms. The summed E-state index contributed by atoms with van der Waals surface area (Å²) in [7, 11) is 1.84. The Labute approximate surface area is 72.6 Å². The first kappa shape index (κ1) is 9.04. The van der Waals surface area contributed by atoms with E-state index in [4.69, 9.17) is 0 Å². The van der Waals surface area contributed by atoms with E-state index in [0.717, 1.165) is 24.1 Å². The maximum atomic E-state index is 13.1. The summed E-state index contributed by atoms with van der Waals surface area (Å²) < 4.78 is 13.1. The van der Waals surface area contributed by atoms with Crippen molar-refractivity contribution < 1.29 is 4.39 Å². The molecule has 0 saturated carbocycles. The van der Waals surface area contributed by atoms with Gasteiger partial charge in [-0.05, 0) is 30.2 Å². The molecule has 0 aliphatic carbocycles. The Balaban J connectivity index is 2.91. The molecule has 1 rings (SSSR count). The van der Waals surface area contributed by atoms with E-state index in [1.54, 1.807) is 6.07 Å². The van der Waals surface area contributed by atoms with Crippen LogP contribution in [0.5, 0.6) is 0 Å². The molecule has 0 aliphatic rings. The van der Waals surface area contributed by atoms with E-state index in [9.17, 15) is 4.39 Å². The van der Waals surface area contributed by atoms with E-state index < -0.39 is 0 Å². The second-order valence-electron chi connectivity index (χ2n) is 2.81. The van der Waals surface area contributed by atoms with Gasteiger partial charge in [-0.25, -0.2) is 4.39 Å². The molecule has 0 atom stereocenters. The lowest BCUT2D eigenvalue weighted by Gasteiger charge is -2.04. The van der Waals surface area contributed by atoms with Crippen molar-refractivity contribution in [3.05, 3.63) is 29.6 Å². The van der Waals surface area contributed by atoms with Crippen molar-refractivity contribution in [1.82, 2.24) is 0 Å². The van der Waals surface area contributed by atoms with E-state index in [1.165, 1.54) is 6.07 Å². The third-order valence-electron chi connectivity index (χ3n) is 1.85. The minimum atomic E-state index is -0.101. The topological polar surface area (TPSA) is 12.0 Å². The molecule has 2 heteroatoms. The lowest BCUT2D eigenvalue weighted by molar-refractivity contribution is 0.607. The molecule has 0 amide bonds. The molecule has 0 bridgehead atoms. The van der Waals surface area contributed by atoms with Crippen molar-refractivity contribution in [2.45, 2.75) is 19.8 Å². The number of nitrogens with one attached hydrogen (secondary N) is 1. The van der Waals surface area contributed by atoms with Crippen LogP contribution in [0.4, 0.5) is 10.1 Å². The van der Waals surface area contributed by atoms with Crippen LogP contribution < -0.4 is 5.32 Å². The summed E-state index contributed by atoms with van der Waals surface area (Å²) in [6.45, 7) is 2.05. The molecule has 0 heterocycles. The molecule has 0 aromatic heterocycles. The molecule has 1 nitrogen and oxygen atoms in total. The molecule has 1 aromatic rings. The summed E-state index contributed by atoms with van der Waals surface area (Å²) in [4.78, 5) is 0. The summed E-state index contributed by atoms with van der Waals surface area (Å²) >= 11 is 0. The zero-order valence-electron chi connectivity index (χ0n) is 7.52. The number of halogens is 1. The third-order valence-corrected chi connectivity index (χ3v) is 1.85. The van der Waals surface area contributed by atoms with Crippen molar-refractivity contribution in [2.75, 3.05) is 12.4 Å². The standard InChI is InChI=1S/C10H14FN/c1-3-4-8-7-9(12-2)5-6-10(8)11/h5-7,12H,3-4H2,1-2H3. The van der Waals surface area contributed by atoms with Gasteiger partial charge < -0.3 is 5.32 Å². The quantitative estimate of drug-likeness (QED) is 0.730.